The first-order valence-corrected chi connectivity index (χ1v) is 7.20. The van der Waals surface area contributed by atoms with Gasteiger partial charge in [-0.05, 0) is 13.3 Å². The second-order valence-electron chi connectivity index (χ2n) is 5.14. The van der Waals surface area contributed by atoms with Crippen molar-refractivity contribution < 1.29 is 14.3 Å². The van der Waals surface area contributed by atoms with Gasteiger partial charge >= 0.3 is 0 Å². The standard InChI is InChI=1S/C14H22N4O3/c1-4-12(14(20)18-5-7-21-8-6-18)16-13(19)11-9-15-17(3)10(11)2/h9,12H,4-8H2,1-3H3,(H,16,19). The van der Waals surface area contributed by atoms with Gasteiger partial charge in [-0.25, -0.2) is 0 Å². The first-order chi connectivity index (χ1) is 10.0. The topological polar surface area (TPSA) is 76.5 Å². The predicted octanol–water partition coefficient (Wildman–Crippen LogP) is 0.0957. The van der Waals surface area contributed by atoms with Crippen LogP contribution in [0, 0.1) is 6.92 Å². The van der Waals surface area contributed by atoms with Crippen LogP contribution in [0.2, 0.25) is 0 Å². The third-order valence-electron chi connectivity index (χ3n) is 3.81. The fourth-order valence-electron chi connectivity index (χ4n) is 2.30. The molecular formula is C14H22N4O3. The lowest BCUT2D eigenvalue weighted by Crippen LogP contribution is -2.51. The number of nitrogens with zero attached hydrogens (tertiary/aromatic N) is 3. The van der Waals surface area contributed by atoms with Gasteiger partial charge in [0.15, 0.2) is 0 Å². The third kappa shape index (κ3) is 3.41. The van der Waals surface area contributed by atoms with E-state index in [9.17, 15) is 9.59 Å². The first kappa shape index (κ1) is 15.5. The van der Waals surface area contributed by atoms with E-state index in [1.165, 1.54) is 6.20 Å². The summed E-state index contributed by atoms with van der Waals surface area (Å²) in [6.45, 7) is 5.98. The molecular weight excluding hydrogens is 272 g/mol. The van der Waals surface area contributed by atoms with Gasteiger partial charge in [0.2, 0.25) is 5.91 Å². The maximum atomic E-state index is 12.4. The molecule has 1 fully saturated rings. The molecule has 2 rings (SSSR count). The SMILES string of the molecule is CCC(NC(=O)c1cnn(C)c1C)C(=O)N1CCOCC1. The van der Waals surface area contributed by atoms with Crippen molar-refractivity contribution >= 4 is 11.8 Å². The number of aromatic nitrogens is 2. The summed E-state index contributed by atoms with van der Waals surface area (Å²) in [6, 6.07) is -0.504. The highest BCUT2D eigenvalue weighted by Crippen LogP contribution is 2.08. The van der Waals surface area contributed by atoms with Crippen molar-refractivity contribution in [1.29, 1.82) is 0 Å². The fraction of sp³-hybridized carbons (Fsp3) is 0.643. The molecule has 7 nitrogen and oxygen atoms in total. The fourth-order valence-corrected chi connectivity index (χ4v) is 2.30. The Bertz CT molecular complexity index is 520. The second-order valence-corrected chi connectivity index (χ2v) is 5.14. The number of morpholine rings is 1. The summed E-state index contributed by atoms with van der Waals surface area (Å²) in [5.41, 5.74) is 1.28. The van der Waals surface area contributed by atoms with Gasteiger partial charge in [0.1, 0.15) is 6.04 Å². The van der Waals surface area contributed by atoms with Crippen LogP contribution in [-0.2, 0) is 16.6 Å². The Hall–Kier alpha value is -1.89. The van der Waals surface area contributed by atoms with E-state index in [0.29, 0.717) is 38.3 Å². The zero-order valence-corrected chi connectivity index (χ0v) is 12.8. The molecule has 0 bridgehead atoms. The number of hydrogen-bond acceptors (Lipinski definition) is 4. The minimum atomic E-state index is -0.504. The van der Waals surface area contributed by atoms with Crippen LogP contribution in [0.1, 0.15) is 29.4 Å². The number of rotatable bonds is 4. The highest BCUT2D eigenvalue weighted by molar-refractivity contribution is 5.98. The van der Waals surface area contributed by atoms with Crippen LogP contribution in [0.25, 0.3) is 0 Å². The summed E-state index contributed by atoms with van der Waals surface area (Å²) >= 11 is 0. The van der Waals surface area contributed by atoms with Crippen molar-refractivity contribution in [3.05, 3.63) is 17.5 Å². The smallest absolute Gasteiger partial charge is 0.255 e. The number of hydrogen-bond donors (Lipinski definition) is 1. The second kappa shape index (κ2) is 6.71. The summed E-state index contributed by atoms with van der Waals surface area (Å²) in [5, 5.41) is 6.86. The van der Waals surface area contributed by atoms with Crippen molar-refractivity contribution in [3.8, 4) is 0 Å². The molecule has 1 unspecified atom stereocenters. The largest absolute Gasteiger partial charge is 0.378 e. The van der Waals surface area contributed by atoms with E-state index in [-0.39, 0.29) is 11.8 Å². The lowest BCUT2D eigenvalue weighted by Gasteiger charge is -2.30. The van der Waals surface area contributed by atoms with Gasteiger partial charge in [-0.15, -0.1) is 0 Å². The van der Waals surface area contributed by atoms with E-state index < -0.39 is 6.04 Å². The molecule has 1 aromatic rings. The van der Waals surface area contributed by atoms with Crippen molar-refractivity contribution in [3.63, 3.8) is 0 Å². The van der Waals surface area contributed by atoms with Crippen LogP contribution in [-0.4, -0.2) is 58.8 Å². The number of carbonyl (C=O) groups is 2. The Morgan fingerprint density at radius 2 is 2.10 bits per heavy atom. The Balaban J connectivity index is 2.02. The highest BCUT2D eigenvalue weighted by atomic mass is 16.5. The molecule has 1 atom stereocenters. The van der Waals surface area contributed by atoms with Gasteiger partial charge in [-0.1, -0.05) is 6.92 Å². The molecule has 21 heavy (non-hydrogen) atoms. The van der Waals surface area contributed by atoms with Crippen molar-refractivity contribution in [2.75, 3.05) is 26.3 Å². The molecule has 0 aliphatic carbocycles. The molecule has 0 saturated carbocycles. The number of amides is 2. The molecule has 0 radical (unpaired) electrons. The molecule has 1 saturated heterocycles. The van der Waals surface area contributed by atoms with Gasteiger partial charge in [-0.2, -0.15) is 5.10 Å². The van der Waals surface area contributed by atoms with E-state index in [1.54, 1.807) is 16.6 Å². The Kier molecular flexibility index (Phi) is 4.95. The van der Waals surface area contributed by atoms with Crippen molar-refractivity contribution in [1.82, 2.24) is 20.0 Å². The van der Waals surface area contributed by atoms with Gasteiger partial charge in [0, 0.05) is 25.8 Å². The minimum absolute atomic E-state index is 0.0457. The van der Waals surface area contributed by atoms with Crippen LogP contribution in [0.4, 0.5) is 0 Å². The number of nitrogens with one attached hydrogen (secondary N) is 1. The van der Waals surface area contributed by atoms with Crippen molar-refractivity contribution in [2.24, 2.45) is 7.05 Å². The third-order valence-corrected chi connectivity index (χ3v) is 3.81. The van der Waals surface area contributed by atoms with Crippen LogP contribution in [0.15, 0.2) is 6.20 Å². The molecule has 0 aromatic carbocycles. The molecule has 1 aromatic heterocycles. The predicted molar refractivity (Wildman–Crippen MR) is 76.9 cm³/mol. The molecule has 7 heteroatoms. The summed E-state index contributed by atoms with van der Waals surface area (Å²) in [4.78, 5) is 26.4. The quantitative estimate of drug-likeness (QED) is 0.854. The van der Waals surface area contributed by atoms with Crippen LogP contribution >= 0.6 is 0 Å². The maximum absolute atomic E-state index is 12.4. The Morgan fingerprint density at radius 1 is 1.43 bits per heavy atom. The average molecular weight is 294 g/mol. The summed E-state index contributed by atoms with van der Waals surface area (Å²) in [7, 11) is 1.78. The van der Waals surface area contributed by atoms with Crippen LogP contribution in [0.5, 0.6) is 0 Å². The first-order valence-electron chi connectivity index (χ1n) is 7.20. The van der Waals surface area contributed by atoms with Crippen LogP contribution < -0.4 is 5.32 Å². The highest BCUT2D eigenvalue weighted by Gasteiger charge is 2.26. The van der Waals surface area contributed by atoms with Gasteiger partial charge < -0.3 is 15.0 Å². The molecule has 0 spiro atoms. The van der Waals surface area contributed by atoms with Crippen molar-refractivity contribution in [2.45, 2.75) is 26.3 Å². The van der Waals surface area contributed by atoms with Gasteiger partial charge in [0.05, 0.1) is 25.0 Å². The molecule has 2 heterocycles. The van der Waals surface area contributed by atoms with E-state index in [1.807, 2.05) is 13.8 Å². The minimum Gasteiger partial charge on any atom is -0.378 e. The summed E-state index contributed by atoms with van der Waals surface area (Å²) < 4.78 is 6.88. The van der Waals surface area contributed by atoms with E-state index in [0.717, 1.165) is 5.69 Å². The molecule has 2 amide bonds. The molecule has 1 aliphatic rings. The lowest BCUT2D eigenvalue weighted by molar-refractivity contribution is -0.137. The van der Waals surface area contributed by atoms with Gasteiger partial charge in [0.25, 0.3) is 5.91 Å². The number of ether oxygens (including phenoxy) is 1. The Labute approximate surface area is 124 Å². The van der Waals surface area contributed by atoms with E-state index in [2.05, 4.69) is 10.4 Å². The van der Waals surface area contributed by atoms with Crippen LogP contribution in [0.3, 0.4) is 0 Å². The average Bonchev–Trinajstić information content (AvgIpc) is 2.84. The monoisotopic (exact) mass is 294 g/mol. The van der Waals surface area contributed by atoms with E-state index in [4.69, 9.17) is 4.74 Å². The van der Waals surface area contributed by atoms with E-state index >= 15 is 0 Å². The normalized spacial score (nSPS) is 16.6. The maximum Gasteiger partial charge on any atom is 0.255 e. The molecule has 116 valence electrons. The summed E-state index contributed by atoms with van der Waals surface area (Å²) in [6.07, 6.45) is 2.08. The zero-order valence-electron chi connectivity index (χ0n) is 12.8. The molecule has 1 aliphatic heterocycles. The number of aryl methyl sites for hydroxylation is 1. The molecule has 1 N–H and O–H groups in total. The summed E-state index contributed by atoms with van der Waals surface area (Å²) in [5.74, 6) is -0.301. The Morgan fingerprint density at radius 3 is 2.62 bits per heavy atom. The zero-order chi connectivity index (χ0) is 15.4. The lowest BCUT2D eigenvalue weighted by atomic mass is 10.1. The number of carbonyl (C=O) groups excluding carboxylic acids is 2. The van der Waals surface area contributed by atoms with Gasteiger partial charge in [-0.3, -0.25) is 14.3 Å².